The monoisotopic (exact) mass is 258 g/mol. The molecule has 0 spiro atoms. The Labute approximate surface area is 102 Å². The zero-order chi connectivity index (χ0) is 13.1. The highest BCUT2D eigenvalue weighted by Gasteiger charge is 2.38. The van der Waals surface area contributed by atoms with Gasteiger partial charge in [0.1, 0.15) is 5.60 Å². The SMILES string of the molecule is C=C(C)C(=O)OC1(/C=C/C)CCS(=O)(=O)CC1. The Kier molecular flexibility index (Phi) is 4.14. The molecule has 0 amide bonds. The minimum absolute atomic E-state index is 0.0564. The van der Waals surface area contributed by atoms with E-state index in [1.165, 1.54) is 0 Å². The zero-order valence-electron chi connectivity index (χ0n) is 10.2. The Morgan fingerprint density at radius 1 is 1.35 bits per heavy atom. The largest absolute Gasteiger partial charge is 0.451 e. The number of rotatable bonds is 3. The van der Waals surface area contributed by atoms with Crippen LogP contribution in [0.25, 0.3) is 0 Å². The number of esters is 1. The molecular formula is C12H18O4S. The quantitative estimate of drug-likeness (QED) is 0.438. The number of carbonyl (C=O) groups excluding carboxylic acids is 1. The van der Waals surface area contributed by atoms with E-state index in [2.05, 4.69) is 6.58 Å². The average molecular weight is 258 g/mol. The number of carbonyl (C=O) groups is 1. The van der Waals surface area contributed by atoms with Gasteiger partial charge in [0.2, 0.25) is 0 Å². The van der Waals surface area contributed by atoms with Gasteiger partial charge >= 0.3 is 5.97 Å². The van der Waals surface area contributed by atoms with E-state index in [1.54, 1.807) is 19.1 Å². The van der Waals surface area contributed by atoms with E-state index in [-0.39, 0.29) is 11.5 Å². The van der Waals surface area contributed by atoms with Crippen LogP contribution in [0.3, 0.4) is 0 Å². The summed E-state index contributed by atoms with van der Waals surface area (Å²) in [5, 5.41) is 0. The second kappa shape index (κ2) is 5.04. The summed E-state index contributed by atoms with van der Waals surface area (Å²) in [6.45, 7) is 6.92. The molecule has 4 nitrogen and oxygen atoms in total. The molecule has 0 aromatic heterocycles. The van der Waals surface area contributed by atoms with Crippen molar-refractivity contribution in [2.24, 2.45) is 0 Å². The maximum absolute atomic E-state index is 11.5. The molecule has 0 unspecified atom stereocenters. The van der Waals surface area contributed by atoms with Crippen LogP contribution in [0.4, 0.5) is 0 Å². The molecule has 1 aliphatic rings. The molecule has 0 saturated carbocycles. The highest BCUT2D eigenvalue weighted by molar-refractivity contribution is 7.91. The topological polar surface area (TPSA) is 60.4 Å². The molecular weight excluding hydrogens is 240 g/mol. The van der Waals surface area contributed by atoms with Crippen molar-refractivity contribution in [1.29, 1.82) is 0 Å². The first-order chi connectivity index (χ1) is 7.80. The Bertz CT molecular complexity index is 431. The van der Waals surface area contributed by atoms with Crippen LogP contribution in [0.1, 0.15) is 26.7 Å². The van der Waals surface area contributed by atoms with Crippen molar-refractivity contribution < 1.29 is 17.9 Å². The fourth-order valence-corrected chi connectivity index (χ4v) is 3.28. The van der Waals surface area contributed by atoms with Gasteiger partial charge in [-0.05, 0) is 19.9 Å². The molecule has 17 heavy (non-hydrogen) atoms. The Balaban J connectivity index is 2.86. The van der Waals surface area contributed by atoms with Crippen molar-refractivity contribution in [2.75, 3.05) is 11.5 Å². The maximum Gasteiger partial charge on any atom is 0.333 e. The van der Waals surface area contributed by atoms with Gasteiger partial charge in [0.05, 0.1) is 11.5 Å². The number of allylic oxidation sites excluding steroid dienone is 1. The first kappa shape index (κ1) is 14.0. The van der Waals surface area contributed by atoms with E-state index in [0.29, 0.717) is 18.4 Å². The van der Waals surface area contributed by atoms with Crippen LogP contribution in [0, 0.1) is 0 Å². The van der Waals surface area contributed by atoms with Crippen molar-refractivity contribution in [1.82, 2.24) is 0 Å². The predicted octanol–water partition coefficient (Wildman–Crippen LogP) is 1.63. The summed E-state index contributed by atoms with van der Waals surface area (Å²) in [5.74, 6) is -0.357. The Morgan fingerprint density at radius 2 is 1.88 bits per heavy atom. The third-order valence-corrected chi connectivity index (χ3v) is 4.44. The van der Waals surface area contributed by atoms with E-state index in [1.807, 2.05) is 6.92 Å². The second-order valence-electron chi connectivity index (χ2n) is 4.39. The van der Waals surface area contributed by atoms with Gasteiger partial charge in [-0.3, -0.25) is 0 Å². The van der Waals surface area contributed by atoms with Crippen LogP contribution in [-0.2, 0) is 19.4 Å². The molecule has 0 aromatic carbocycles. The highest BCUT2D eigenvalue weighted by Crippen LogP contribution is 2.30. The molecule has 0 N–H and O–H groups in total. The molecule has 0 bridgehead atoms. The normalized spacial score (nSPS) is 22.2. The second-order valence-corrected chi connectivity index (χ2v) is 6.69. The van der Waals surface area contributed by atoms with Gasteiger partial charge in [-0.15, -0.1) is 0 Å². The van der Waals surface area contributed by atoms with Gasteiger partial charge in [-0.1, -0.05) is 12.7 Å². The van der Waals surface area contributed by atoms with Gasteiger partial charge < -0.3 is 4.74 Å². The van der Waals surface area contributed by atoms with Crippen molar-refractivity contribution >= 4 is 15.8 Å². The van der Waals surface area contributed by atoms with Crippen LogP contribution in [0.2, 0.25) is 0 Å². The third-order valence-electron chi connectivity index (χ3n) is 2.79. The summed E-state index contributed by atoms with van der Waals surface area (Å²) < 4.78 is 28.1. The van der Waals surface area contributed by atoms with Crippen LogP contribution in [-0.4, -0.2) is 31.5 Å². The van der Waals surface area contributed by atoms with Crippen LogP contribution >= 0.6 is 0 Å². The molecule has 0 radical (unpaired) electrons. The van der Waals surface area contributed by atoms with Crippen molar-refractivity contribution in [3.8, 4) is 0 Å². The van der Waals surface area contributed by atoms with Gasteiger partial charge in [0, 0.05) is 18.4 Å². The van der Waals surface area contributed by atoms with E-state index in [9.17, 15) is 13.2 Å². The summed E-state index contributed by atoms with van der Waals surface area (Å²) in [4.78, 5) is 11.5. The Morgan fingerprint density at radius 3 is 2.29 bits per heavy atom. The molecule has 5 heteroatoms. The fraction of sp³-hybridized carbons (Fsp3) is 0.583. The van der Waals surface area contributed by atoms with Crippen LogP contribution in [0.5, 0.6) is 0 Å². The summed E-state index contributed by atoms with van der Waals surface area (Å²) in [6.07, 6.45) is 4.18. The number of hydrogen-bond donors (Lipinski definition) is 0. The summed E-state index contributed by atoms with van der Waals surface area (Å²) in [7, 11) is -2.98. The number of sulfone groups is 1. The molecule has 1 fully saturated rings. The molecule has 1 rings (SSSR count). The number of ether oxygens (including phenoxy) is 1. The minimum Gasteiger partial charge on any atom is -0.451 e. The lowest BCUT2D eigenvalue weighted by Crippen LogP contribution is -2.41. The first-order valence-electron chi connectivity index (χ1n) is 5.53. The van der Waals surface area contributed by atoms with Crippen molar-refractivity contribution in [2.45, 2.75) is 32.3 Å². The molecule has 0 aliphatic carbocycles. The minimum atomic E-state index is -2.98. The van der Waals surface area contributed by atoms with Crippen molar-refractivity contribution in [3.05, 3.63) is 24.3 Å². The highest BCUT2D eigenvalue weighted by atomic mass is 32.2. The van der Waals surface area contributed by atoms with Gasteiger partial charge in [0.25, 0.3) is 0 Å². The fourth-order valence-electron chi connectivity index (χ4n) is 1.76. The van der Waals surface area contributed by atoms with Crippen LogP contribution in [0.15, 0.2) is 24.3 Å². The van der Waals surface area contributed by atoms with Gasteiger partial charge in [-0.25, -0.2) is 13.2 Å². The lowest BCUT2D eigenvalue weighted by atomic mass is 9.95. The predicted molar refractivity (Wildman–Crippen MR) is 66.3 cm³/mol. The van der Waals surface area contributed by atoms with E-state index < -0.39 is 21.4 Å². The maximum atomic E-state index is 11.5. The van der Waals surface area contributed by atoms with Crippen molar-refractivity contribution in [3.63, 3.8) is 0 Å². The molecule has 96 valence electrons. The third kappa shape index (κ3) is 3.70. The lowest BCUT2D eigenvalue weighted by Gasteiger charge is -2.34. The Hall–Kier alpha value is -1.10. The van der Waals surface area contributed by atoms with Gasteiger partial charge in [-0.2, -0.15) is 0 Å². The number of hydrogen-bond acceptors (Lipinski definition) is 4. The summed E-state index contributed by atoms with van der Waals surface area (Å²) in [6, 6.07) is 0. The smallest absolute Gasteiger partial charge is 0.333 e. The molecule has 1 saturated heterocycles. The summed E-state index contributed by atoms with van der Waals surface area (Å²) in [5.41, 5.74) is -0.460. The zero-order valence-corrected chi connectivity index (χ0v) is 11.0. The standard InChI is InChI=1S/C12H18O4S/c1-4-5-12(16-11(13)10(2)3)6-8-17(14,15)9-7-12/h4-5H,2,6-9H2,1,3H3/b5-4+. The van der Waals surface area contributed by atoms with E-state index in [0.717, 1.165) is 0 Å². The lowest BCUT2D eigenvalue weighted by molar-refractivity contribution is -0.150. The molecule has 1 heterocycles. The van der Waals surface area contributed by atoms with E-state index in [4.69, 9.17) is 4.74 Å². The van der Waals surface area contributed by atoms with Gasteiger partial charge in [0.15, 0.2) is 9.84 Å². The first-order valence-corrected chi connectivity index (χ1v) is 7.35. The molecule has 1 aliphatic heterocycles. The summed E-state index contributed by atoms with van der Waals surface area (Å²) >= 11 is 0. The molecule has 0 atom stereocenters. The average Bonchev–Trinajstić information content (AvgIpc) is 2.23. The molecule has 0 aromatic rings. The van der Waals surface area contributed by atoms with Crippen LogP contribution < -0.4 is 0 Å². The van der Waals surface area contributed by atoms with E-state index >= 15 is 0 Å².